The molecule has 0 aliphatic carbocycles. The molecule has 0 unspecified atom stereocenters. The van der Waals surface area contributed by atoms with Crippen LogP contribution in [0.5, 0.6) is 0 Å². The molecule has 0 spiro atoms. The van der Waals surface area contributed by atoms with Gasteiger partial charge in [-0.2, -0.15) is 0 Å². The first kappa shape index (κ1) is 17.8. The lowest BCUT2D eigenvalue weighted by molar-refractivity contribution is 0.778. The Morgan fingerprint density at radius 3 is 2.62 bits per heavy atom. The minimum absolute atomic E-state index is 0.223. The molecule has 4 N–H and O–H groups in total. The fourth-order valence-electron chi connectivity index (χ4n) is 2.55. The van der Waals surface area contributed by atoms with Gasteiger partial charge in [0.2, 0.25) is 0 Å². The first-order valence-corrected chi connectivity index (χ1v) is 8.32. The van der Waals surface area contributed by atoms with E-state index < -0.39 is 0 Å². The first-order chi connectivity index (χ1) is 11.7. The van der Waals surface area contributed by atoms with E-state index in [2.05, 4.69) is 60.4 Å². The molecule has 2 rings (SSSR count). The highest BCUT2D eigenvalue weighted by atomic mass is 15.2. The van der Waals surface area contributed by atoms with Crippen molar-refractivity contribution in [3.63, 3.8) is 0 Å². The molecule has 0 saturated carbocycles. The molecule has 126 valence electrons. The summed E-state index contributed by atoms with van der Waals surface area (Å²) in [7, 11) is 0. The van der Waals surface area contributed by atoms with Crippen LogP contribution >= 0.6 is 0 Å². The number of nitrogens with two attached hydrogens (primary N) is 1. The van der Waals surface area contributed by atoms with Gasteiger partial charge >= 0.3 is 0 Å². The molecule has 4 nitrogen and oxygen atoms in total. The second kappa shape index (κ2) is 8.89. The Morgan fingerprint density at radius 2 is 2.00 bits per heavy atom. The van der Waals surface area contributed by atoms with Crippen molar-refractivity contribution in [1.29, 1.82) is 5.41 Å². The number of hydrazine groups is 1. The molecule has 1 aromatic carbocycles. The van der Waals surface area contributed by atoms with Crippen molar-refractivity contribution < 1.29 is 0 Å². The summed E-state index contributed by atoms with van der Waals surface area (Å²) in [5.41, 5.74) is 4.34. The molecule has 0 atom stereocenters. The summed E-state index contributed by atoms with van der Waals surface area (Å²) in [6.45, 7) is 5.04. The Bertz CT molecular complexity index is 810. The van der Waals surface area contributed by atoms with Gasteiger partial charge in [0.15, 0.2) is 0 Å². The van der Waals surface area contributed by atoms with Gasteiger partial charge in [-0.15, -0.1) is 0 Å². The Balaban J connectivity index is 2.27. The second-order valence-corrected chi connectivity index (χ2v) is 5.67. The molecule has 1 heterocycles. The van der Waals surface area contributed by atoms with E-state index in [0.29, 0.717) is 0 Å². The van der Waals surface area contributed by atoms with Gasteiger partial charge in [-0.3, -0.25) is 5.41 Å². The van der Waals surface area contributed by atoms with E-state index in [1.54, 1.807) is 0 Å². The molecule has 0 radical (unpaired) electrons. The predicted octanol–water partition coefficient (Wildman–Crippen LogP) is 2.26. The average molecular weight is 322 g/mol. The van der Waals surface area contributed by atoms with E-state index in [-0.39, 0.29) is 5.84 Å². The SMILES string of the molecule is C/C=c1/ccn(Cc2ccc(C(=N)NN)cc2)/c1=C/C=C\CCC. The lowest BCUT2D eigenvalue weighted by Gasteiger charge is -2.07. The number of unbranched alkanes of at least 4 members (excludes halogenated alkanes) is 1. The maximum absolute atomic E-state index is 7.68. The van der Waals surface area contributed by atoms with Crippen LogP contribution in [0.4, 0.5) is 0 Å². The van der Waals surface area contributed by atoms with Crippen molar-refractivity contribution in [3.05, 3.63) is 70.4 Å². The maximum atomic E-state index is 7.68. The number of allylic oxidation sites excluding steroid dienone is 2. The molecule has 0 amide bonds. The fraction of sp³-hybridized carbons (Fsp3) is 0.250. The summed E-state index contributed by atoms with van der Waals surface area (Å²) in [6, 6.07) is 10.0. The zero-order valence-electron chi connectivity index (χ0n) is 14.4. The quantitative estimate of drug-likeness (QED) is 0.330. The van der Waals surface area contributed by atoms with Gasteiger partial charge in [0.1, 0.15) is 5.84 Å². The van der Waals surface area contributed by atoms with Crippen LogP contribution in [0.25, 0.3) is 12.2 Å². The van der Waals surface area contributed by atoms with Gasteiger partial charge in [0.25, 0.3) is 0 Å². The summed E-state index contributed by atoms with van der Waals surface area (Å²) in [5, 5.41) is 10.1. The number of nitrogens with one attached hydrogen (secondary N) is 2. The molecule has 1 aromatic heterocycles. The third kappa shape index (κ3) is 4.46. The molecular weight excluding hydrogens is 296 g/mol. The largest absolute Gasteiger partial charge is 0.343 e. The summed E-state index contributed by atoms with van der Waals surface area (Å²) in [6.07, 6.45) is 13.0. The molecule has 0 saturated heterocycles. The Hall–Kier alpha value is -2.59. The highest BCUT2D eigenvalue weighted by Crippen LogP contribution is 2.05. The van der Waals surface area contributed by atoms with Crippen LogP contribution in [0.3, 0.4) is 0 Å². The minimum Gasteiger partial charge on any atom is -0.343 e. The minimum atomic E-state index is 0.223. The maximum Gasteiger partial charge on any atom is 0.139 e. The smallest absolute Gasteiger partial charge is 0.139 e. The van der Waals surface area contributed by atoms with Crippen LogP contribution < -0.4 is 21.8 Å². The van der Waals surface area contributed by atoms with Crippen molar-refractivity contribution in [2.24, 2.45) is 5.84 Å². The van der Waals surface area contributed by atoms with E-state index in [0.717, 1.165) is 24.9 Å². The first-order valence-electron chi connectivity index (χ1n) is 8.32. The van der Waals surface area contributed by atoms with Gasteiger partial charge in [0.05, 0.1) is 0 Å². The van der Waals surface area contributed by atoms with Gasteiger partial charge in [-0.05, 0) is 36.3 Å². The van der Waals surface area contributed by atoms with Crippen LogP contribution in [0.15, 0.2) is 48.7 Å². The third-order valence-electron chi connectivity index (χ3n) is 3.94. The predicted molar refractivity (Wildman–Crippen MR) is 102 cm³/mol. The second-order valence-electron chi connectivity index (χ2n) is 5.67. The number of amidine groups is 1. The number of hydrogen-bond donors (Lipinski definition) is 3. The van der Waals surface area contributed by atoms with Gasteiger partial charge < -0.3 is 9.99 Å². The molecule has 4 heteroatoms. The van der Waals surface area contributed by atoms with Gasteiger partial charge in [-0.25, -0.2) is 5.84 Å². The zero-order chi connectivity index (χ0) is 17.4. The normalized spacial score (nSPS) is 13.0. The summed E-state index contributed by atoms with van der Waals surface area (Å²) >= 11 is 0. The lowest BCUT2D eigenvalue weighted by Crippen LogP contribution is -2.30. The molecule has 24 heavy (non-hydrogen) atoms. The third-order valence-corrected chi connectivity index (χ3v) is 3.94. The van der Waals surface area contributed by atoms with E-state index in [9.17, 15) is 0 Å². The van der Waals surface area contributed by atoms with E-state index in [4.69, 9.17) is 11.3 Å². The molecule has 0 aliphatic heterocycles. The van der Waals surface area contributed by atoms with E-state index in [1.165, 1.54) is 16.1 Å². The van der Waals surface area contributed by atoms with E-state index in [1.807, 2.05) is 24.3 Å². The fourth-order valence-corrected chi connectivity index (χ4v) is 2.55. The molecule has 0 fully saturated rings. The highest BCUT2D eigenvalue weighted by molar-refractivity contribution is 5.95. The topological polar surface area (TPSA) is 66.8 Å². The number of hydrogen-bond acceptors (Lipinski definition) is 2. The Labute approximate surface area is 143 Å². The van der Waals surface area contributed by atoms with Crippen LogP contribution in [-0.2, 0) is 6.54 Å². The van der Waals surface area contributed by atoms with Crippen molar-refractivity contribution >= 4 is 18.0 Å². The Kier molecular flexibility index (Phi) is 6.58. The summed E-state index contributed by atoms with van der Waals surface area (Å²) in [5.74, 6) is 5.50. The summed E-state index contributed by atoms with van der Waals surface area (Å²) in [4.78, 5) is 0. The number of rotatable bonds is 6. The van der Waals surface area contributed by atoms with Crippen LogP contribution in [0, 0.1) is 5.41 Å². The number of nitrogens with zero attached hydrogens (tertiary/aromatic N) is 1. The van der Waals surface area contributed by atoms with Gasteiger partial charge in [0, 0.05) is 23.7 Å². The van der Waals surface area contributed by atoms with Crippen molar-refractivity contribution in [2.75, 3.05) is 0 Å². The summed E-state index contributed by atoms with van der Waals surface area (Å²) < 4.78 is 2.24. The molecular formula is C20H26N4. The van der Waals surface area contributed by atoms with Crippen molar-refractivity contribution in [3.8, 4) is 0 Å². The Morgan fingerprint density at radius 1 is 1.25 bits per heavy atom. The van der Waals surface area contributed by atoms with E-state index >= 15 is 0 Å². The zero-order valence-corrected chi connectivity index (χ0v) is 14.4. The monoisotopic (exact) mass is 322 g/mol. The number of aromatic nitrogens is 1. The van der Waals surface area contributed by atoms with Crippen LogP contribution in [0.1, 0.15) is 37.8 Å². The average Bonchev–Trinajstić information content (AvgIpc) is 3.00. The lowest BCUT2D eigenvalue weighted by atomic mass is 10.1. The van der Waals surface area contributed by atoms with Crippen LogP contribution in [0.2, 0.25) is 0 Å². The molecule has 2 aromatic rings. The molecule has 0 aliphatic rings. The highest BCUT2D eigenvalue weighted by Gasteiger charge is 2.01. The standard InChI is InChI=1S/C20H26N4/c1-3-5-6-7-8-19-17(4-2)13-14-24(19)15-16-9-11-18(12-10-16)20(21)23-22/h4,6-14H,3,5,15,22H2,1-2H3,(H2,21,23)/b7-6-,17-4-,19-8+. The van der Waals surface area contributed by atoms with Gasteiger partial charge in [-0.1, -0.05) is 55.8 Å². The number of benzene rings is 1. The van der Waals surface area contributed by atoms with Crippen molar-refractivity contribution in [2.45, 2.75) is 33.2 Å². The van der Waals surface area contributed by atoms with Crippen LogP contribution in [-0.4, -0.2) is 10.4 Å². The van der Waals surface area contributed by atoms with Crippen molar-refractivity contribution in [1.82, 2.24) is 9.99 Å². The molecule has 0 bridgehead atoms.